The van der Waals surface area contributed by atoms with Crippen LogP contribution in [0.1, 0.15) is 38.7 Å². The first-order valence-corrected chi connectivity index (χ1v) is 8.12. The molecule has 0 radical (unpaired) electrons. The fourth-order valence-electron chi connectivity index (χ4n) is 3.00. The number of nitrogens with two attached hydrogens (primary N) is 1. The summed E-state index contributed by atoms with van der Waals surface area (Å²) in [6, 6.07) is 5.78. The summed E-state index contributed by atoms with van der Waals surface area (Å²) in [4.78, 5) is 2.84. The molecular weight excluding hydrogens is 288 g/mol. The molecule has 1 unspecified atom stereocenters. The van der Waals surface area contributed by atoms with Gasteiger partial charge in [0.2, 0.25) is 0 Å². The van der Waals surface area contributed by atoms with Crippen LogP contribution in [0.5, 0.6) is 0 Å². The second-order valence-electron chi connectivity index (χ2n) is 5.95. The molecular formula is C16H23ClN2S. The number of hydrogen-bond acceptors (Lipinski definition) is 2. The molecule has 1 fully saturated rings. The van der Waals surface area contributed by atoms with E-state index in [2.05, 4.69) is 18.7 Å². The Labute approximate surface area is 132 Å². The highest BCUT2D eigenvalue weighted by molar-refractivity contribution is 7.80. The van der Waals surface area contributed by atoms with E-state index in [0.29, 0.717) is 4.99 Å². The third kappa shape index (κ3) is 3.64. The molecule has 1 heterocycles. The minimum atomic E-state index is 0.446. The normalized spacial score (nSPS) is 20.0. The summed E-state index contributed by atoms with van der Waals surface area (Å²) >= 11 is 11.3. The van der Waals surface area contributed by atoms with Crippen molar-refractivity contribution in [1.82, 2.24) is 0 Å². The van der Waals surface area contributed by atoms with Gasteiger partial charge in [0.05, 0.1) is 0 Å². The monoisotopic (exact) mass is 310 g/mol. The molecule has 0 saturated carbocycles. The zero-order valence-electron chi connectivity index (χ0n) is 12.2. The molecule has 1 atom stereocenters. The Hall–Kier alpha value is -0.800. The van der Waals surface area contributed by atoms with Gasteiger partial charge in [-0.2, -0.15) is 0 Å². The average molecular weight is 311 g/mol. The van der Waals surface area contributed by atoms with Crippen molar-refractivity contribution in [2.75, 3.05) is 18.0 Å². The summed E-state index contributed by atoms with van der Waals surface area (Å²) in [6.07, 6.45) is 3.74. The lowest BCUT2D eigenvalue weighted by Gasteiger charge is -2.26. The topological polar surface area (TPSA) is 29.3 Å². The van der Waals surface area contributed by atoms with E-state index in [1.54, 1.807) is 0 Å². The van der Waals surface area contributed by atoms with E-state index in [0.717, 1.165) is 41.2 Å². The van der Waals surface area contributed by atoms with Crippen LogP contribution in [0.3, 0.4) is 0 Å². The predicted octanol–water partition coefficient (Wildman–Crippen LogP) is 4.24. The molecule has 1 aromatic carbocycles. The molecule has 2 N–H and O–H groups in total. The van der Waals surface area contributed by atoms with Gasteiger partial charge >= 0.3 is 0 Å². The van der Waals surface area contributed by atoms with E-state index >= 15 is 0 Å². The molecule has 2 rings (SSSR count). The number of nitrogens with zero attached hydrogens (tertiary/aromatic N) is 1. The maximum absolute atomic E-state index is 6.15. The van der Waals surface area contributed by atoms with Crippen LogP contribution < -0.4 is 10.6 Å². The lowest BCUT2D eigenvalue weighted by atomic mass is 9.89. The van der Waals surface area contributed by atoms with Crippen molar-refractivity contribution in [3.8, 4) is 0 Å². The highest BCUT2D eigenvalue weighted by Gasteiger charge is 2.21. The van der Waals surface area contributed by atoms with Crippen molar-refractivity contribution >= 4 is 34.5 Å². The van der Waals surface area contributed by atoms with Crippen LogP contribution >= 0.6 is 23.8 Å². The molecule has 0 spiro atoms. The highest BCUT2D eigenvalue weighted by Crippen LogP contribution is 2.30. The van der Waals surface area contributed by atoms with Gasteiger partial charge in [-0.05, 0) is 49.3 Å². The largest absolute Gasteiger partial charge is 0.389 e. The van der Waals surface area contributed by atoms with E-state index in [-0.39, 0.29) is 0 Å². The Kier molecular flexibility index (Phi) is 5.28. The van der Waals surface area contributed by atoms with Gasteiger partial charge < -0.3 is 10.6 Å². The maximum atomic E-state index is 6.15. The second-order valence-corrected chi connectivity index (χ2v) is 6.82. The van der Waals surface area contributed by atoms with Crippen LogP contribution in [-0.2, 0) is 0 Å². The average Bonchev–Trinajstić information content (AvgIpc) is 2.63. The number of halogens is 1. The second kappa shape index (κ2) is 6.77. The fourth-order valence-corrected chi connectivity index (χ4v) is 3.34. The van der Waals surface area contributed by atoms with Crippen LogP contribution in [0, 0.1) is 11.8 Å². The highest BCUT2D eigenvalue weighted by atomic mass is 35.5. The van der Waals surface area contributed by atoms with E-state index in [9.17, 15) is 0 Å². The molecule has 4 heteroatoms. The van der Waals surface area contributed by atoms with E-state index in [1.807, 2.05) is 18.2 Å². The van der Waals surface area contributed by atoms with Gasteiger partial charge in [0.1, 0.15) is 4.99 Å². The summed E-state index contributed by atoms with van der Waals surface area (Å²) in [5.41, 5.74) is 7.88. The lowest BCUT2D eigenvalue weighted by Crippen LogP contribution is -2.27. The molecule has 1 aliphatic rings. The molecule has 0 amide bonds. The number of thiocarbonyl (C=S) groups is 1. The molecule has 1 aliphatic heterocycles. The molecule has 0 aromatic heterocycles. The van der Waals surface area contributed by atoms with Crippen LogP contribution in [0.25, 0.3) is 0 Å². The number of anilines is 1. The van der Waals surface area contributed by atoms with Gasteiger partial charge in [0, 0.05) is 29.4 Å². The Morgan fingerprint density at radius 3 is 2.75 bits per heavy atom. The third-order valence-electron chi connectivity index (χ3n) is 4.28. The molecule has 20 heavy (non-hydrogen) atoms. The quantitative estimate of drug-likeness (QED) is 0.847. The predicted molar refractivity (Wildman–Crippen MR) is 91.7 cm³/mol. The minimum Gasteiger partial charge on any atom is -0.389 e. The van der Waals surface area contributed by atoms with Crippen molar-refractivity contribution in [2.45, 2.75) is 33.1 Å². The molecule has 0 bridgehead atoms. The van der Waals surface area contributed by atoms with Crippen molar-refractivity contribution in [2.24, 2.45) is 17.6 Å². The van der Waals surface area contributed by atoms with Gasteiger partial charge in [-0.15, -0.1) is 0 Å². The minimum absolute atomic E-state index is 0.446. The van der Waals surface area contributed by atoms with E-state index in [4.69, 9.17) is 29.6 Å². The standard InChI is InChI=1S/C16H23ClN2S/c1-11(2)12-4-3-8-19(9-7-12)15-10-13(17)5-6-14(15)16(18)20/h5-6,10-12H,3-4,7-9H2,1-2H3,(H2,18,20). The summed E-state index contributed by atoms with van der Waals surface area (Å²) in [5, 5.41) is 0.740. The van der Waals surface area contributed by atoms with Crippen LogP contribution in [0.15, 0.2) is 18.2 Å². The Morgan fingerprint density at radius 2 is 2.10 bits per heavy atom. The van der Waals surface area contributed by atoms with E-state index < -0.39 is 0 Å². The summed E-state index contributed by atoms with van der Waals surface area (Å²) in [5.74, 6) is 1.57. The first-order chi connectivity index (χ1) is 9.49. The van der Waals surface area contributed by atoms with Crippen molar-refractivity contribution in [3.05, 3.63) is 28.8 Å². The van der Waals surface area contributed by atoms with Gasteiger partial charge in [-0.1, -0.05) is 37.7 Å². The number of rotatable bonds is 3. The summed E-state index contributed by atoms with van der Waals surface area (Å²) in [6.45, 7) is 6.75. The molecule has 2 nitrogen and oxygen atoms in total. The van der Waals surface area contributed by atoms with Gasteiger partial charge in [-0.25, -0.2) is 0 Å². The van der Waals surface area contributed by atoms with Gasteiger partial charge in [-0.3, -0.25) is 0 Å². The smallest absolute Gasteiger partial charge is 0.106 e. The fraction of sp³-hybridized carbons (Fsp3) is 0.562. The van der Waals surface area contributed by atoms with Crippen LogP contribution in [-0.4, -0.2) is 18.1 Å². The number of benzene rings is 1. The lowest BCUT2D eigenvalue weighted by molar-refractivity contribution is 0.351. The van der Waals surface area contributed by atoms with Gasteiger partial charge in [0.25, 0.3) is 0 Å². The maximum Gasteiger partial charge on any atom is 0.106 e. The molecule has 110 valence electrons. The molecule has 1 saturated heterocycles. The third-order valence-corrected chi connectivity index (χ3v) is 4.74. The van der Waals surface area contributed by atoms with Crippen LogP contribution in [0.4, 0.5) is 5.69 Å². The Morgan fingerprint density at radius 1 is 1.35 bits per heavy atom. The first-order valence-electron chi connectivity index (χ1n) is 7.33. The number of hydrogen-bond donors (Lipinski definition) is 1. The SMILES string of the molecule is CC(C)C1CCCN(c2cc(Cl)ccc2C(N)=S)CC1. The van der Waals surface area contributed by atoms with Crippen molar-refractivity contribution in [1.29, 1.82) is 0 Å². The zero-order chi connectivity index (χ0) is 14.7. The Balaban J connectivity index is 2.23. The first kappa shape index (κ1) is 15.6. The molecule has 1 aromatic rings. The Bertz CT molecular complexity index is 487. The molecule has 0 aliphatic carbocycles. The summed E-state index contributed by atoms with van der Waals surface area (Å²) < 4.78 is 0. The van der Waals surface area contributed by atoms with Crippen LogP contribution in [0.2, 0.25) is 5.02 Å². The van der Waals surface area contributed by atoms with Crippen molar-refractivity contribution < 1.29 is 0 Å². The summed E-state index contributed by atoms with van der Waals surface area (Å²) in [7, 11) is 0. The van der Waals surface area contributed by atoms with Crippen molar-refractivity contribution in [3.63, 3.8) is 0 Å². The van der Waals surface area contributed by atoms with Gasteiger partial charge in [0.15, 0.2) is 0 Å². The zero-order valence-corrected chi connectivity index (χ0v) is 13.8. The van der Waals surface area contributed by atoms with E-state index in [1.165, 1.54) is 19.3 Å².